The van der Waals surface area contributed by atoms with Crippen LogP contribution in [-0.2, 0) is 0 Å². The summed E-state index contributed by atoms with van der Waals surface area (Å²) in [6, 6.07) is 0. The summed E-state index contributed by atoms with van der Waals surface area (Å²) in [5, 5.41) is 9.60. The molecule has 0 heterocycles. The van der Waals surface area contributed by atoms with E-state index < -0.39 is 0 Å². The second-order valence-corrected chi connectivity index (χ2v) is 9.56. The van der Waals surface area contributed by atoms with Crippen molar-refractivity contribution in [3.8, 4) is 0 Å². The van der Waals surface area contributed by atoms with Crippen LogP contribution < -0.4 is 0 Å². The van der Waals surface area contributed by atoms with Crippen LogP contribution in [-0.4, -0.2) is 21.7 Å². The molecule has 0 saturated heterocycles. The normalized spacial score (nSPS) is 36.0. The van der Waals surface area contributed by atoms with Gasteiger partial charge in [0, 0.05) is 4.75 Å². The van der Waals surface area contributed by atoms with Crippen molar-refractivity contribution < 1.29 is 5.11 Å². The molecule has 0 amide bonds. The van der Waals surface area contributed by atoms with Crippen molar-refractivity contribution in [3.63, 3.8) is 0 Å². The zero-order chi connectivity index (χ0) is 13.6. The molecular formula is C16H30OS. The Balaban J connectivity index is 1.98. The first-order valence-electron chi connectivity index (χ1n) is 7.51. The van der Waals surface area contributed by atoms with E-state index in [4.69, 9.17) is 0 Å². The molecule has 2 rings (SSSR count). The maximum Gasteiger partial charge on any atom is 0.0525 e. The van der Waals surface area contributed by atoms with E-state index in [2.05, 4.69) is 39.5 Å². The highest BCUT2D eigenvalue weighted by atomic mass is 32.2. The van der Waals surface area contributed by atoms with Crippen LogP contribution in [0.25, 0.3) is 0 Å². The molecule has 1 N–H and O–H groups in total. The van der Waals surface area contributed by atoms with Crippen LogP contribution in [0.15, 0.2) is 0 Å². The highest BCUT2D eigenvalue weighted by molar-refractivity contribution is 8.00. The minimum atomic E-state index is -0.182. The number of aliphatic hydroxyl groups is 1. The molecule has 0 aromatic rings. The van der Waals surface area contributed by atoms with Crippen molar-refractivity contribution >= 4 is 11.8 Å². The monoisotopic (exact) mass is 270 g/mol. The molecule has 2 fully saturated rings. The van der Waals surface area contributed by atoms with Gasteiger partial charge in [-0.2, -0.15) is 11.8 Å². The van der Waals surface area contributed by atoms with Gasteiger partial charge in [0.2, 0.25) is 0 Å². The van der Waals surface area contributed by atoms with E-state index in [9.17, 15) is 5.11 Å². The predicted octanol–water partition coefficient (Wildman–Crippen LogP) is 4.49. The third-order valence-electron chi connectivity index (χ3n) is 5.86. The van der Waals surface area contributed by atoms with Crippen LogP contribution >= 0.6 is 11.8 Å². The summed E-state index contributed by atoms with van der Waals surface area (Å²) in [6.07, 6.45) is 6.48. The van der Waals surface area contributed by atoms with E-state index in [0.29, 0.717) is 10.8 Å². The zero-order valence-corrected chi connectivity index (χ0v) is 13.6. The van der Waals surface area contributed by atoms with Crippen molar-refractivity contribution in [2.45, 2.75) is 77.6 Å². The summed E-state index contributed by atoms with van der Waals surface area (Å²) in [6.45, 7) is 11.5. The first-order valence-corrected chi connectivity index (χ1v) is 8.49. The minimum Gasteiger partial charge on any atom is -0.393 e. The molecule has 106 valence electrons. The molecule has 18 heavy (non-hydrogen) atoms. The Morgan fingerprint density at radius 1 is 1.28 bits per heavy atom. The third-order valence-corrected chi connectivity index (χ3v) is 7.50. The quantitative estimate of drug-likeness (QED) is 0.794. The molecule has 2 saturated carbocycles. The topological polar surface area (TPSA) is 20.2 Å². The van der Waals surface area contributed by atoms with Gasteiger partial charge in [-0.15, -0.1) is 0 Å². The van der Waals surface area contributed by atoms with E-state index in [1.807, 2.05) is 6.92 Å². The summed E-state index contributed by atoms with van der Waals surface area (Å²) < 4.78 is 0.208. The van der Waals surface area contributed by atoms with Gasteiger partial charge in [0.1, 0.15) is 0 Å². The largest absolute Gasteiger partial charge is 0.393 e. The SMILES string of the molecule is C[C@@H](O)CC(C)(C)SCC12CCC(CC1)C2(C)C. The molecule has 2 bridgehead atoms. The number of rotatable bonds is 5. The Bertz CT molecular complexity index is 298. The van der Waals surface area contributed by atoms with Gasteiger partial charge >= 0.3 is 0 Å². The van der Waals surface area contributed by atoms with Crippen LogP contribution in [0.4, 0.5) is 0 Å². The minimum absolute atomic E-state index is 0.182. The van der Waals surface area contributed by atoms with Crippen LogP contribution in [0.3, 0.4) is 0 Å². The molecule has 2 aliphatic carbocycles. The van der Waals surface area contributed by atoms with Gasteiger partial charge in [-0.05, 0) is 61.5 Å². The first kappa shape index (κ1) is 14.7. The molecule has 1 nitrogen and oxygen atoms in total. The summed E-state index contributed by atoms with van der Waals surface area (Å²) in [4.78, 5) is 0. The molecule has 0 unspecified atom stereocenters. The highest BCUT2D eigenvalue weighted by Crippen LogP contribution is 2.67. The lowest BCUT2D eigenvalue weighted by atomic mass is 9.71. The number of fused-ring (bicyclic) bond motifs is 2. The van der Waals surface area contributed by atoms with Crippen molar-refractivity contribution in [2.24, 2.45) is 16.7 Å². The Labute approximate surface area is 117 Å². The van der Waals surface area contributed by atoms with Crippen LogP contribution in [0.2, 0.25) is 0 Å². The van der Waals surface area contributed by atoms with Gasteiger partial charge in [-0.25, -0.2) is 0 Å². The van der Waals surface area contributed by atoms with Gasteiger partial charge in [0.25, 0.3) is 0 Å². The second-order valence-electron chi connectivity index (χ2n) is 7.88. The summed E-state index contributed by atoms with van der Waals surface area (Å²) >= 11 is 2.10. The Morgan fingerprint density at radius 3 is 2.22 bits per heavy atom. The summed E-state index contributed by atoms with van der Waals surface area (Å²) in [5.41, 5.74) is 1.12. The van der Waals surface area contributed by atoms with Crippen LogP contribution in [0.5, 0.6) is 0 Å². The summed E-state index contributed by atoms with van der Waals surface area (Å²) in [7, 11) is 0. The number of hydrogen-bond acceptors (Lipinski definition) is 2. The lowest BCUT2D eigenvalue weighted by Crippen LogP contribution is -2.35. The molecule has 0 aromatic heterocycles. The van der Waals surface area contributed by atoms with Crippen molar-refractivity contribution in [1.29, 1.82) is 0 Å². The second kappa shape index (κ2) is 4.70. The fourth-order valence-corrected chi connectivity index (χ4v) is 6.09. The van der Waals surface area contributed by atoms with E-state index in [1.165, 1.54) is 31.4 Å². The number of aliphatic hydroxyl groups excluding tert-OH is 1. The molecule has 0 spiro atoms. The standard InChI is InChI=1S/C16H30OS/c1-12(17)10-14(2,3)18-11-16-8-6-13(7-9-16)15(16,4)5/h12-13,17H,6-11H2,1-5H3/t12-,13?,16?/m1/s1. The van der Waals surface area contributed by atoms with Crippen LogP contribution in [0, 0.1) is 16.7 Å². The van der Waals surface area contributed by atoms with Gasteiger partial charge in [0.15, 0.2) is 0 Å². The predicted molar refractivity (Wildman–Crippen MR) is 81.0 cm³/mol. The van der Waals surface area contributed by atoms with Gasteiger partial charge in [-0.1, -0.05) is 27.7 Å². The molecule has 2 aliphatic rings. The maximum atomic E-state index is 9.60. The Kier molecular flexibility index (Phi) is 3.84. The molecular weight excluding hydrogens is 240 g/mol. The van der Waals surface area contributed by atoms with Crippen molar-refractivity contribution in [1.82, 2.24) is 0 Å². The Morgan fingerprint density at radius 2 is 1.83 bits per heavy atom. The fraction of sp³-hybridized carbons (Fsp3) is 1.00. The molecule has 0 radical (unpaired) electrons. The smallest absolute Gasteiger partial charge is 0.0525 e. The van der Waals surface area contributed by atoms with Crippen LogP contribution in [0.1, 0.15) is 66.7 Å². The molecule has 2 heteroatoms. The van der Waals surface area contributed by atoms with Gasteiger partial charge < -0.3 is 5.11 Å². The zero-order valence-electron chi connectivity index (χ0n) is 12.8. The molecule has 0 aromatic carbocycles. The summed E-state index contributed by atoms with van der Waals surface area (Å²) in [5.74, 6) is 2.26. The number of hydrogen-bond donors (Lipinski definition) is 1. The molecule has 0 aliphatic heterocycles. The highest BCUT2D eigenvalue weighted by Gasteiger charge is 2.58. The van der Waals surface area contributed by atoms with E-state index in [0.717, 1.165) is 12.3 Å². The van der Waals surface area contributed by atoms with E-state index >= 15 is 0 Å². The van der Waals surface area contributed by atoms with Gasteiger partial charge in [0.05, 0.1) is 6.10 Å². The van der Waals surface area contributed by atoms with Crippen molar-refractivity contribution in [2.75, 3.05) is 5.75 Å². The average Bonchev–Trinajstić information content (AvgIpc) is 2.61. The lowest BCUT2D eigenvalue weighted by molar-refractivity contribution is 0.156. The first-order chi connectivity index (χ1) is 8.19. The Hall–Kier alpha value is 0.310. The third kappa shape index (κ3) is 2.47. The van der Waals surface area contributed by atoms with Crippen molar-refractivity contribution in [3.05, 3.63) is 0 Å². The fourth-order valence-electron chi connectivity index (χ4n) is 4.40. The van der Waals surface area contributed by atoms with E-state index in [1.54, 1.807) is 0 Å². The maximum absolute atomic E-state index is 9.60. The number of thioether (sulfide) groups is 1. The lowest BCUT2D eigenvalue weighted by Gasteiger charge is -2.40. The average molecular weight is 270 g/mol. The van der Waals surface area contributed by atoms with Gasteiger partial charge in [-0.3, -0.25) is 0 Å². The van der Waals surface area contributed by atoms with E-state index in [-0.39, 0.29) is 10.9 Å². The molecule has 1 atom stereocenters.